The van der Waals surface area contributed by atoms with E-state index in [1.165, 1.54) is 0 Å². The topological polar surface area (TPSA) is 29.5 Å². The van der Waals surface area contributed by atoms with Gasteiger partial charge in [-0.15, -0.1) is 0 Å². The van der Waals surface area contributed by atoms with E-state index in [2.05, 4.69) is 38.7 Å². The summed E-state index contributed by atoms with van der Waals surface area (Å²) in [5.74, 6) is 0. The van der Waals surface area contributed by atoms with E-state index in [-0.39, 0.29) is 59.5 Å². The summed E-state index contributed by atoms with van der Waals surface area (Å²) < 4.78 is 5.61. The van der Waals surface area contributed by atoms with Gasteiger partial charge in [-0.25, -0.2) is 0 Å². The maximum Gasteiger partial charge on any atom is 0 e. The number of thiol groups is 1. The van der Waals surface area contributed by atoms with Crippen LogP contribution in [0.15, 0.2) is 0 Å². The number of aliphatic hydroxyl groups is 1. The van der Waals surface area contributed by atoms with Crippen molar-refractivity contribution in [1.29, 1.82) is 0 Å². The fraction of sp³-hybridized carbons (Fsp3) is 0.750. The van der Waals surface area contributed by atoms with Crippen molar-refractivity contribution in [3.63, 3.8) is 0 Å². The summed E-state index contributed by atoms with van der Waals surface area (Å²) in [6.07, 6.45) is 0.207. The fourth-order valence-electron chi connectivity index (χ4n) is 0.413. The van der Waals surface area contributed by atoms with Crippen molar-refractivity contribution in [2.75, 3.05) is 0 Å². The van der Waals surface area contributed by atoms with E-state index < -0.39 is 0 Å². The molecule has 0 aliphatic heterocycles. The van der Waals surface area contributed by atoms with Gasteiger partial charge in [0.2, 0.25) is 8.77 Å². The predicted octanol–water partition coefficient (Wildman–Crippen LogP) is 2.95. The first-order chi connectivity index (χ1) is 6.25. The molecule has 0 aliphatic carbocycles. The predicted molar refractivity (Wildman–Crippen MR) is 82.9 cm³/mol. The second kappa shape index (κ2) is 17.1. The largest absolute Gasteiger partial charge is 0 e. The number of rotatable bonds is 2. The molecule has 0 aliphatic rings. The molecule has 0 fully saturated rings. The van der Waals surface area contributed by atoms with E-state index in [0.29, 0.717) is 9.63 Å². The van der Waals surface area contributed by atoms with Crippen LogP contribution in [-0.2, 0) is 24.2 Å². The van der Waals surface area contributed by atoms with Crippen LogP contribution in [0.25, 0.3) is 0 Å². The van der Waals surface area contributed by atoms with Crippen LogP contribution in [-0.4, -0.2) is 54.8 Å². The van der Waals surface area contributed by atoms with Gasteiger partial charge in [0.1, 0.15) is 0 Å². The first-order valence-electron chi connectivity index (χ1n) is 4.04. The van der Waals surface area contributed by atoms with Gasteiger partial charge in [-0.1, -0.05) is 38.2 Å². The third-order valence-corrected chi connectivity index (χ3v) is 1.81. The minimum absolute atomic E-state index is 0. The average molecular weight is 362 g/mol. The standard InChI is InChI=1S/C7H14OS2.CH2OS2.Na.Zn.H/c1-5(2)8-7(9)10-6(3)4;2-1(3)4;;;/h5-6H,1-4H3;(H2,2,3,4);;;. The Bertz CT molecular complexity index is 175. The maximum absolute atomic E-state index is 7.65. The molecular weight excluding hydrogens is 345 g/mol. The molecule has 0 spiro atoms. The third-order valence-electron chi connectivity index (χ3n) is 0.664. The Morgan fingerprint density at radius 3 is 1.75 bits per heavy atom. The van der Waals surface area contributed by atoms with Gasteiger partial charge in [-0.05, 0) is 38.3 Å². The van der Waals surface area contributed by atoms with E-state index in [4.69, 9.17) is 22.1 Å². The van der Waals surface area contributed by atoms with Gasteiger partial charge >= 0.3 is 29.6 Å². The molecule has 16 heavy (non-hydrogen) atoms. The molecule has 0 aromatic heterocycles. The smallest absolute Gasteiger partial charge is 0 e. The molecule has 0 saturated heterocycles. The second-order valence-corrected chi connectivity index (χ2v) is 6.16. The monoisotopic (exact) mass is 360 g/mol. The number of ether oxygens (including phenoxy) is 1. The van der Waals surface area contributed by atoms with Crippen LogP contribution in [0.4, 0.5) is 0 Å². The minimum atomic E-state index is -0.306. The molecule has 0 bridgehead atoms. The van der Waals surface area contributed by atoms with E-state index >= 15 is 0 Å². The number of thiocarbonyl (C=S) groups is 2. The SMILES string of the molecule is CC(C)OC(=S)SC(C)C.OC(=S)S.[NaH].[Zn]. The Labute approximate surface area is 153 Å². The van der Waals surface area contributed by atoms with Crippen molar-refractivity contribution in [2.45, 2.75) is 39.0 Å². The van der Waals surface area contributed by atoms with Crippen LogP contribution in [0.3, 0.4) is 0 Å². The van der Waals surface area contributed by atoms with E-state index in [1.54, 1.807) is 11.8 Å². The molecule has 0 aromatic rings. The molecular formula is C8H17NaO2S4Zn. The van der Waals surface area contributed by atoms with Gasteiger partial charge in [0, 0.05) is 24.7 Å². The first kappa shape index (κ1) is 26.6. The molecule has 0 unspecified atom stereocenters. The zero-order valence-corrected chi connectivity index (χ0v) is 15.7. The molecule has 2 nitrogen and oxygen atoms in total. The molecule has 0 heterocycles. The summed E-state index contributed by atoms with van der Waals surface area (Å²) in [6.45, 7) is 8.15. The number of aliphatic hydroxyl groups excluding tert-OH is 1. The normalized spacial score (nSPS) is 8.19. The summed E-state index contributed by atoms with van der Waals surface area (Å²) in [4.78, 5) is 0. The quantitative estimate of drug-likeness (QED) is 0.448. The van der Waals surface area contributed by atoms with Gasteiger partial charge in [0.15, 0.2) is 0 Å². The molecule has 0 saturated carbocycles. The van der Waals surface area contributed by atoms with Crippen molar-refractivity contribution >= 4 is 87.1 Å². The maximum atomic E-state index is 7.65. The Balaban J connectivity index is -0.000000105. The van der Waals surface area contributed by atoms with Gasteiger partial charge in [-0.3, -0.25) is 0 Å². The van der Waals surface area contributed by atoms with Crippen LogP contribution in [0, 0.1) is 0 Å². The Hall–Kier alpha value is 2.10. The van der Waals surface area contributed by atoms with E-state index in [0.717, 1.165) is 0 Å². The zero-order chi connectivity index (χ0) is 11.7. The Kier molecular flexibility index (Phi) is 28.5. The van der Waals surface area contributed by atoms with Crippen molar-refractivity contribution in [3.8, 4) is 0 Å². The van der Waals surface area contributed by atoms with E-state index in [9.17, 15) is 0 Å². The first-order valence-corrected chi connectivity index (χ1v) is 6.19. The van der Waals surface area contributed by atoms with Gasteiger partial charge in [0.25, 0.3) is 0 Å². The van der Waals surface area contributed by atoms with Gasteiger partial charge in [-0.2, -0.15) is 0 Å². The van der Waals surface area contributed by atoms with Crippen LogP contribution in [0.1, 0.15) is 27.7 Å². The Morgan fingerprint density at radius 2 is 1.56 bits per heavy atom. The van der Waals surface area contributed by atoms with Crippen molar-refractivity contribution in [1.82, 2.24) is 0 Å². The minimum Gasteiger partial charge on any atom is 0 e. The van der Waals surface area contributed by atoms with Gasteiger partial charge in [0.05, 0.1) is 6.10 Å². The van der Waals surface area contributed by atoms with Crippen molar-refractivity contribution in [3.05, 3.63) is 0 Å². The number of thioether (sulfide) groups is 1. The molecule has 1 N–H and O–H groups in total. The van der Waals surface area contributed by atoms with Crippen molar-refractivity contribution < 1.29 is 29.3 Å². The molecule has 0 atom stereocenters. The molecule has 0 amide bonds. The molecule has 0 aromatic carbocycles. The van der Waals surface area contributed by atoms with Crippen LogP contribution >= 0.6 is 48.8 Å². The fourth-order valence-corrected chi connectivity index (χ4v) is 1.82. The molecule has 8 heteroatoms. The van der Waals surface area contributed by atoms with Gasteiger partial charge < -0.3 is 9.84 Å². The third kappa shape index (κ3) is 36.0. The second-order valence-electron chi connectivity index (χ2n) is 2.87. The van der Waals surface area contributed by atoms with Crippen LogP contribution < -0.4 is 0 Å². The summed E-state index contributed by atoms with van der Waals surface area (Å²) in [5.41, 5.74) is 0. The number of hydrogen-bond acceptors (Lipinski definition) is 4. The molecule has 0 rings (SSSR count). The molecule has 88 valence electrons. The zero-order valence-electron chi connectivity index (χ0n) is 9.39. The number of hydrogen-bond donors (Lipinski definition) is 2. The Morgan fingerprint density at radius 1 is 1.25 bits per heavy atom. The summed E-state index contributed by atoms with van der Waals surface area (Å²) in [6, 6.07) is 0. The summed E-state index contributed by atoms with van der Waals surface area (Å²) in [5, 5.41) is 8.17. The van der Waals surface area contributed by atoms with Crippen molar-refractivity contribution in [2.24, 2.45) is 0 Å². The van der Waals surface area contributed by atoms with E-state index in [1.807, 2.05) is 13.8 Å². The summed E-state index contributed by atoms with van der Waals surface area (Å²) in [7, 11) is 0. The summed E-state index contributed by atoms with van der Waals surface area (Å²) >= 11 is 13.7. The molecule has 0 radical (unpaired) electrons. The average Bonchev–Trinajstić information content (AvgIpc) is 1.79. The van der Waals surface area contributed by atoms with Crippen LogP contribution in [0.5, 0.6) is 0 Å². The van der Waals surface area contributed by atoms with Crippen LogP contribution in [0.2, 0.25) is 0 Å².